The van der Waals surface area contributed by atoms with Gasteiger partial charge in [0.2, 0.25) is 5.91 Å². The average Bonchev–Trinajstić information content (AvgIpc) is 3.30. The van der Waals surface area contributed by atoms with Gasteiger partial charge in [-0.25, -0.2) is 9.79 Å². The largest absolute Gasteiger partial charge is 0.466 e. The fraction of sp³-hybridized carbons (Fsp3) is 0.481. The Balaban J connectivity index is 1.60. The lowest BCUT2D eigenvalue weighted by atomic mass is 9.93. The lowest BCUT2D eigenvalue weighted by molar-refractivity contribution is -0.151. The van der Waals surface area contributed by atoms with Gasteiger partial charge < -0.3 is 24.0 Å². The molecular formula is C27H32ClN3O6S. The number of ether oxygens (including phenoxy) is 3. The number of aliphatic imine (C=N–C) groups is 1. The molecule has 4 rings (SSSR count). The van der Waals surface area contributed by atoms with Crippen molar-refractivity contribution in [3.8, 4) is 0 Å². The van der Waals surface area contributed by atoms with Gasteiger partial charge in [0.05, 0.1) is 42.9 Å². The van der Waals surface area contributed by atoms with E-state index in [0.29, 0.717) is 58.8 Å². The van der Waals surface area contributed by atoms with Gasteiger partial charge in [-0.3, -0.25) is 9.59 Å². The highest BCUT2D eigenvalue weighted by Crippen LogP contribution is 2.46. The second-order valence-electron chi connectivity index (χ2n) is 9.15. The van der Waals surface area contributed by atoms with E-state index in [2.05, 4.69) is 4.99 Å². The minimum absolute atomic E-state index is 0.0908. The van der Waals surface area contributed by atoms with Crippen molar-refractivity contribution >= 4 is 46.4 Å². The predicted molar refractivity (Wildman–Crippen MR) is 145 cm³/mol. The van der Waals surface area contributed by atoms with Crippen molar-refractivity contribution in [2.75, 3.05) is 40.0 Å². The van der Waals surface area contributed by atoms with Crippen LogP contribution < -0.4 is 0 Å². The van der Waals surface area contributed by atoms with Gasteiger partial charge in [0, 0.05) is 30.9 Å². The van der Waals surface area contributed by atoms with Crippen LogP contribution in [0, 0.1) is 5.92 Å². The van der Waals surface area contributed by atoms with E-state index in [9.17, 15) is 14.4 Å². The summed E-state index contributed by atoms with van der Waals surface area (Å²) in [6.45, 7) is 5.16. The lowest BCUT2D eigenvalue weighted by Crippen LogP contribution is -2.44. The van der Waals surface area contributed by atoms with Crippen molar-refractivity contribution in [2.24, 2.45) is 10.9 Å². The molecule has 0 spiro atoms. The zero-order chi connectivity index (χ0) is 27.2. The van der Waals surface area contributed by atoms with Crippen LogP contribution >= 0.6 is 23.4 Å². The Hall–Kier alpha value is -2.82. The molecule has 3 aliphatic heterocycles. The molecule has 0 N–H and O–H groups in total. The molecule has 11 heteroatoms. The number of allylic oxidation sites excluding steroid dienone is 1. The number of likely N-dealkylation sites (tertiary alicyclic amines) is 1. The first-order chi connectivity index (χ1) is 18.3. The highest BCUT2D eigenvalue weighted by Gasteiger charge is 2.42. The van der Waals surface area contributed by atoms with E-state index in [0.717, 1.165) is 6.42 Å². The number of fused-ring (bicyclic) bond motifs is 1. The van der Waals surface area contributed by atoms with Crippen LogP contribution in [0.1, 0.15) is 44.7 Å². The van der Waals surface area contributed by atoms with Crippen molar-refractivity contribution in [3.05, 3.63) is 57.2 Å². The summed E-state index contributed by atoms with van der Waals surface area (Å²) in [6, 6.07) is 6.70. The number of amidine groups is 1. The van der Waals surface area contributed by atoms with Gasteiger partial charge in [-0.05, 0) is 43.7 Å². The van der Waals surface area contributed by atoms with Crippen molar-refractivity contribution in [1.29, 1.82) is 0 Å². The third-order valence-electron chi connectivity index (χ3n) is 6.67. The van der Waals surface area contributed by atoms with E-state index in [1.165, 1.54) is 18.9 Å². The van der Waals surface area contributed by atoms with Crippen LogP contribution in [0.25, 0.3) is 0 Å². The second kappa shape index (κ2) is 12.8. The van der Waals surface area contributed by atoms with E-state index < -0.39 is 12.0 Å². The van der Waals surface area contributed by atoms with Gasteiger partial charge in [-0.2, -0.15) is 0 Å². The minimum Gasteiger partial charge on any atom is -0.466 e. The first kappa shape index (κ1) is 28.2. The Morgan fingerprint density at radius 3 is 2.71 bits per heavy atom. The van der Waals surface area contributed by atoms with Crippen LogP contribution in [0.5, 0.6) is 0 Å². The molecule has 38 heavy (non-hydrogen) atoms. The number of esters is 2. The quantitative estimate of drug-likeness (QED) is 0.325. The number of nitrogens with zero attached hydrogens (tertiary/aromatic N) is 3. The van der Waals surface area contributed by atoms with Gasteiger partial charge in [0.15, 0.2) is 5.17 Å². The van der Waals surface area contributed by atoms with Crippen LogP contribution in [0.4, 0.5) is 0 Å². The maximum absolute atomic E-state index is 13.4. The van der Waals surface area contributed by atoms with Gasteiger partial charge in [-0.1, -0.05) is 41.6 Å². The molecule has 3 heterocycles. The number of piperidine rings is 1. The SMILES string of the molecule is CCOC(=O)[C@H]1CCCN(C(=O)CC2=CSC3=NC(C)=C(C(=O)OCCOC)[C@H](c4ccccc4Cl)N23)C1. The number of hydrogen-bond acceptors (Lipinski definition) is 9. The lowest BCUT2D eigenvalue weighted by Gasteiger charge is -2.37. The molecule has 2 atom stereocenters. The number of carbonyl (C=O) groups is 3. The van der Waals surface area contributed by atoms with Crippen LogP contribution in [-0.2, 0) is 28.6 Å². The second-order valence-corrected chi connectivity index (χ2v) is 10.4. The van der Waals surface area contributed by atoms with Crippen LogP contribution in [0.2, 0.25) is 5.02 Å². The fourth-order valence-corrected chi connectivity index (χ4v) is 6.04. The molecule has 0 aliphatic carbocycles. The van der Waals surface area contributed by atoms with Gasteiger partial charge in [-0.15, -0.1) is 0 Å². The molecule has 1 saturated heterocycles. The first-order valence-corrected chi connectivity index (χ1v) is 13.9. The first-order valence-electron chi connectivity index (χ1n) is 12.6. The van der Waals surface area contributed by atoms with Gasteiger partial charge in [0.25, 0.3) is 0 Å². The normalized spacial score (nSPS) is 21.1. The Morgan fingerprint density at radius 2 is 1.97 bits per heavy atom. The highest BCUT2D eigenvalue weighted by atomic mass is 35.5. The summed E-state index contributed by atoms with van der Waals surface area (Å²) in [6.07, 6.45) is 1.53. The predicted octanol–water partition coefficient (Wildman–Crippen LogP) is 4.30. The zero-order valence-electron chi connectivity index (χ0n) is 21.8. The monoisotopic (exact) mass is 561 g/mol. The molecule has 204 valence electrons. The summed E-state index contributed by atoms with van der Waals surface area (Å²) >= 11 is 8.03. The molecule has 0 saturated carbocycles. The fourth-order valence-electron chi connectivity index (χ4n) is 4.84. The Bertz CT molecular complexity index is 1180. The minimum atomic E-state index is -0.617. The summed E-state index contributed by atoms with van der Waals surface area (Å²) in [5.41, 5.74) is 2.31. The average molecular weight is 562 g/mol. The number of methoxy groups -OCH3 is 1. The molecule has 0 bridgehead atoms. The van der Waals surface area contributed by atoms with Crippen molar-refractivity contribution in [1.82, 2.24) is 9.80 Å². The maximum Gasteiger partial charge on any atom is 0.338 e. The van der Waals surface area contributed by atoms with Crippen LogP contribution in [-0.4, -0.2) is 72.8 Å². The summed E-state index contributed by atoms with van der Waals surface area (Å²) in [4.78, 5) is 47.3. The molecule has 0 unspecified atom stereocenters. The number of benzene rings is 1. The Morgan fingerprint density at radius 1 is 1.18 bits per heavy atom. The van der Waals surface area contributed by atoms with Crippen molar-refractivity contribution in [3.63, 3.8) is 0 Å². The van der Waals surface area contributed by atoms with Crippen LogP contribution in [0.3, 0.4) is 0 Å². The molecule has 0 aromatic heterocycles. The smallest absolute Gasteiger partial charge is 0.338 e. The molecule has 0 radical (unpaired) electrons. The third kappa shape index (κ3) is 6.08. The van der Waals surface area contributed by atoms with E-state index in [1.54, 1.807) is 24.8 Å². The number of thioether (sulfide) groups is 1. The molecule has 1 fully saturated rings. The number of hydrogen-bond donors (Lipinski definition) is 0. The summed E-state index contributed by atoms with van der Waals surface area (Å²) in [7, 11) is 1.54. The molecule has 1 aromatic rings. The van der Waals surface area contributed by atoms with Crippen molar-refractivity contribution in [2.45, 2.75) is 39.2 Å². The van der Waals surface area contributed by atoms with Crippen molar-refractivity contribution < 1.29 is 28.6 Å². The summed E-state index contributed by atoms with van der Waals surface area (Å²) in [5, 5.41) is 3.04. The molecule has 3 aliphatic rings. The Kier molecular flexibility index (Phi) is 9.51. The maximum atomic E-state index is 13.4. The molecule has 1 aromatic carbocycles. The molecule has 1 amide bonds. The number of rotatable bonds is 9. The van der Waals surface area contributed by atoms with E-state index >= 15 is 0 Å². The molecule has 9 nitrogen and oxygen atoms in total. The molecular weight excluding hydrogens is 530 g/mol. The number of amides is 1. The van der Waals surface area contributed by atoms with E-state index in [4.69, 9.17) is 25.8 Å². The van der Waals surface area contributed by atoms with E-state index in [1.807, 2.05) is 28.5 Å². The highest BCUT2D eigenvalue weighted by molar-refractivity contribution is 8.16. The van der Waals surface area contributed by atoms with Gasteiger partial charge >= 0.3 is 11.9 Å². The van der Waals surface area contributed by atoms with Crippen LogP contribution in [0.15, 0.2) is 51.6 Å². The Labute approximate surface area is 231 Å². The number of halogens is 1. The topological polar surface area (TPSA) is 97.7 Å². The summed E-state index contributed by atoms with van der Waals surface area (Å²) < 4.78 is 15.7. The van der Waals surface area contributed by atoms with E-state index in [-0.39, 0.29) is 37.4 Å². The zero-order valence-corrected chi connectivity index (χ0v) is 23.3. The number of carbonyl (C=O) groups excluding carboxylic acids is 3. The van der Waals surface area contributed by atoms with Gasteiger partial charge in [0.1, 0.15) is 6.61 Å². The standard InChI is InChI=1S/C27H32ClN3O6S/c1-4-36-25(33)18-8-7-11-30(15-18)22(32)14-19-16-38-27-29-17(2)23(26(34)37-13-12-35-3)24(31(19)27)20-9-5-6-10-21(20)28/h5-6,9-10,16,18,24H,4,7-8,11-15H2,1-3H3/t18-,24-/m0/s1. The third-order valence-corrected chi connectivity index (χ3v) is 7.90. The summed E-state index contributed by atoms with van der Waals surface area (Å²) in [5.74, 6) is -1.19.